The van der Waals surface area contributed by atoms with Gasteiger partial charge in [0.15, 0.2) is 0 Å². The predicted molar refractivity (Wildman–Crippen MR) is 95.2 cm³/mol. The van der Waals surface area contributed by atoms with Gasteiger partial charge in [-0.05, 0) is 29.1 Å². The quantitative estimate of drug-likeness (QED) is 0.783. The van der Waals surface area contributed by atoms with Gasteiger partial charge in [-0.3, -0.25) is 4.79 Å². The van der Waals surface area contributed by atoms with Crippen LogP contribution in [0.25, 0.3) is 0 Å². The van der Waals surface area contributed by atoms with E-state index in [0.717, 1.165) is 21.1 Å². The van der Waals surface area contributed by atoms with Crippen molar-refractivity contribution in [2.75, 3.05) is 20.2 Å². The zero-order chi connectivity index (χ0) is 17.1. The molecule has 0 N–H and O–H groups in total. The molecule has 1 atom stereocenters. The largest absolute Gasteiger partial charge is 0.592 e. The van der Waals surface area contributed by atoms with E-state index in [1.165, 1.54) is 11.3 Å². The molecule has 0 bridgehead atoms. The maximum Gasteiger partial charge on any atom is 0.227 e. The molecule has 0 spiro atoms. The number of hydrogen-bond acceptors (Lipinski definition) is 5. The molecule has 1 amide bonds. The van der Waals surface area contributed by atoms with Crippen molar-refractivity contribution in [3.05, 3.63) is 46.8 Å². The van der Waals surface area contributed by atoms with Crippen molar-refractivity contribution in [1.29, 1.82) is 0 Å². The van der Waals surface area contributed by atoms with E-state index in [1.54, 1.807) is 18.9 Å². The summed E-state index contributed by atoms with van der Waals surface area (Å²) in [6.07, 6.45) is 0. The highest BCUT2D eigenvalue weighted by molar-refractivity contribution is 7.91. The van der Waals surface area contributed by atoms with Gasteiger partial charge in [-0.15, -0.1) is 4.31 Å². The van der Waals surface area contributed by atoms with Crippen molar-refractivity contribution >= 4 is 28.6 Å². The van der Waals surface area contributed by atoms with Crippen LogP contribution in [-0.2, 0) is 29.2 Å². The number of thiophene rings is 1. The van der Waals surface area contributed by atoms with Gasteiger partial charge in [0.05, 0.1) is 24.5 Å². The van der Waals surface area contributed by atoms with Gasteiger partial charge in [0, 0.05) is 32.1 Å². The van der Waals surface area contributed by atoms with Gasteiger partial charge >= 0.3 is 0 Å². The smallest absolute Gasteiger partial charge is 0.227 e. The highest BCUT2D eigenvalue weighted by Crippen LogP contribution is 2.29. The van der Waals surface area contributed by atoms with Gasteiger partial charge in [-0.1, -0.05) is 17.4 Å². The van der Waals surface area contributed by atoms with E-state index in [-0.39, 0.29) is 5.91 Å². The van der Waals surface area contributed by atoms with E-state index in [4.69, 9.17) is 4.74 Å². The summed E-state index contributed by atoms with van der Waals surface area (Å²) in [7, 11) is 1.78. The predicted octanol–water partition coefficient (Wildman–Crippen LogP) is 2.64. The van der Waals surface area contributed by atoms with Gasteiger partial charge in [0.2, 0.25) is 10.1 Å². The molecule has 128 valence electrons. The second-order valence-electron chi connectivity index (χ2n) is 5.71. The van der Waals surface area contributed by atoms with Gasteiger partial charge in [0.1, 0.15) is 12.4 Å². The fourth-order valence-corrected chi connectivity index (χ4v) is 4.75. The van der Waals surface area contributed by atoms with Crippen LogP contribution in [0.15, 0.2) is 39.9 Å². The average molecular weight is 364 g/mol. The van der Waals surface area contributed by atoms with Gasteiger partial charge in [0.25, 0.3) is 0 Å². The summed E-state index contributed by atoms with van der Waals surface area (Å²) in [6.45, 7) is 3.80. The van der Waals surface area contributed by atoms with Crippen LogP contribution < -0.4 is 4.74 Å². The highest BCUT2D eigenvalue weighted by atomic mass is 32.2. The molecule has 24 heavy (non-hydrogen) atoms. The second kappa shape index (κ2) is 7.57. The molecule has 0 saturated heterocycles. The molecule has 0 radical (unpaired) electrons. The standard InChI is InChI=1S/C17H20N2O3S2/c1-13(20)18(2)11-14-5-6-16-15(10-14)12-19(7-8-22-16)24(21)17-4-3-9-23-17/h3-6,9-10H,7-8,11-12H2,1-2H3. The first-order chi connectivity index (χ1) is 11.5. The maximum atomic E-state index is 12.7. The summed E-state index contributed by atoms with van der Waals surface area (Å²) in [4.78, 5) is 13.1. The molecule has 2 heterocycles. The van der Waals surface area contributed by atoms with Crippen molar-refractivity contribution in [1.82, 2.24) is 9.21 Å². The van der Waals surface area contributed by atoms with Gasteiger partial charge in [-0.25, -0.2) is 0 Å². The van der Waals surface area contributed by atoms with E-state index in [2.05, 4.69) is 0 Å². The summed E-state index contributed by atoms with van der Waals surface area (Å²) in [5, 5.41) is 1.94. The lowest BCUT2D eigenvalue weighted by atomic mass is 10.1. The van der Waals surface area contributed by atoms with Crippen LogP contribution in [0.4, 0.5) is 0 Å². The number of carbonyl (C=O) groups excluding carboxylic acids is 1. The van der Waals surface area contributed by atoms with Crippen molar-refractivity contribution < 1.29 is 14.1 Å². The number of nitrogens with zero attached hydrogens (tertiary/aromatic N) is 2. The summed E-state index contributed by atoms with van der Waals surface area (Å²) in [5.74, 6) is 0.858. The second-order valence-corrected chi connectivity index (χ2v) is 8.37. The topological polar surface area (TPSA) is 55.8 Å². The van der Waals surface area contributed by atoms with Crippen LogP contribution >= 0.6 is 11.3 Å². The number of carbonyl (C=O) groups is 1. The molecule has 2 aromatic rings. The van der Waals surface area contributed by atoms with Crippen LogP contribution in [0.3, 0.4) is 0 Å². The van der Waals surface area contributed by atoms with E-state index < -0.39 is 11.4 Å². The third-order valence-corrected chi connectivity index (χ3v) is 6.57. The normalized spacial score (nSPS) is 16.0. The number of benzene rings is 1. The van der Waals surface area contributed by atoms with Crippen LogP contribution in [-0.4, -0.2) is 39.9 Å². The maximum absolute atomic E-state index is 12.7. The lowest BCUT2D eigenvalue weighted by Gasteiger charge is -2.21. The minimum Gasteiger partial charge on any atom is -0.592 e. The molecular formula is C17H20N2O3S2. The summed E-state index contributed by atoms with van der Waals surface area (Å²) in [5.41, 5.74) is 2.05. The molecule has 1 aromatic heterocycles. The molecule has 3 rings (SSSR count). The highest BCUT2D eigenvalue weighted by Gasteiger charge is 2.27. The summed E-state index contributed by atoms with van der Waals surface area (Å²) in [6, 6.07) is 9.76. The van der Waals surface area contributed by atoms with Crippen molar-refractivity contribution in [3.8, 4) is 5.75 Å². The molecule has 7 heteroatoms. The Morgan fingerprint density at radius 2 is 2.29 bits per heavy atom. The van der Waals surface area contributed by atoms with E-state index in [1.807, 2.05) is 40.0 Å². The Hall–Kier alpha value is -1.54. The van der Waals surface area contributed by atoms with Crippen LogP contribution in [0.2, 0.25) is 0 Å². The van der Waals surface area contributed by atoms with Crippen LogP contribution in [0.5, 0.6) is 5.75 Å². The number of rotatable bonds is 4. The fraction of sp³-hybridized carbons (Fsp3) is 0.353. The lowest BCUT2D eigenvalue weighted by Crippen LogP contribution is -2.32. The van der Waals surface area contributed by atoms with E-state index >= 15 is 0 Å². The Balaban J connectivity index is 1.79. The summed E-state index contributed by atoms with van der Waals surface area (Å²) < 4.78 is 21.3. The van der Waals surface area contributed by atoms with Crippen molar-refractivity contribution in [3.63, 3.8) is 0 Å². The number of fused-ring (bicyclic) bond motifs is 1. The number of hydrogen-bond donors (Lipinski definition) is 0. The third-order valence-electron chi connectivity index (χ3n) is 3.93. The van der Waals surface area contributed by atoms with Crippen molar-refractivity contribution in [2.24, 2.45) is 0 Å². The Kier molecular flexibility index (Phi) is 5.45. The molecule has 0 fully saturated rings. The molecule has 1 aliphatic heterocycles. The number of amides is 1. The average Bonchev–Trinajstić information content (AvgIpc) is 3.01. The van der Waals surface area contributed by atoms with Crippen LogP contribution in [0.1, 0.15) is 18.1 Å². The first kappa shape index (κ1) is 17.3. The molecule has 0 saturated carbocycles. The SMILES string of the molecule is CC(=O)N(C)Cc1ccc2c(c1)CN([S+]([O-])c1cccs1)CCO2. The van der Waals surface area contributed by atoms with E-state index in [9.17, 15) is 9.35 Å². The zero-order valence-electron chi connectivity index (χ0n) is 13.7. The third kappa shape index (κ3) is 3.92. The molecule has 1 aromatic carbocycles. The summed E-state index contributed by atoms with van der Waals surface area (Å²) >= 11 is 0.326. The zero-order valence-corrected chi connectivity index (χ0v) is 15.4. The first-order valence-corrected chi connectivity index (χ1v) is 9.70. The Bertz CT molecular complexity index is 706. The number of ether oxygens (including phenoxy) is 1. The molecular weight excluding hydrogens is 344 g/mol. The monoisotopic (exact) mass is 364 g/mol. The molecule has 0 aliphatic carbocycles. The molecule has 5 nitrogen and oxygen atoms in total. The van der Waals surface area contributed by atoms with Crippen LogP contribution in [0, 0.1) is 0 Å². The first-order valence-electron chi connectivity index (χ1n) is 7.71. The Labute approximate surface area is 149 Å². The van der Waals surface area contributed by atoms with Gasteiger partial charge < -0.3 is 14.2 Å². The Morgan fingerprint density at radius 1 is 1.46 bits per heavy atom. The van der Waals surface area contributed by atoms with Gasteiger partial charge in [-0.2, -0.15) is 0 Å². The minimum atomic E-state index is -1.17. The van der Waals surface area contributed by atoms with E-state index in [0.29, 0.717) is 26.2 Å². The lowest BCUT2D eigenvalue weighted by molar-refractivity contribution is -0.128. The Morgan fingerprint density at radius 3 is 3.00 bits per heavy atom. The minimum absolute atomic E-state index is 0.0293. The van der Waals surface area contributed by atoms with Crippen molar-refractivity contribution in [2.45, 2.75) is 24.2 Å². The fourth-order valence-electron chi connectivity index (χ4n) is 2.54. The molecule has 1 unspecified atom stereocenters. The molecule has 1 aliphatic rings.